The quantitative estimate of drug-likeness (QED) is 0.423. The Morgan fingerprint density at radius 2 is 2.04 bits per heavy atom. The van der Waals surface area contributed by atoms with Gasteiger partial charge in [0.1, 0.15) is 6.04 Å². The number of hydrogen-bond acceptors (Lipinski definition) is 4. The van der Waals surface area contributed by atoms with Crippen LogP contribution in [0.5, 0.6) is 0 Å². The fourth-order valence-electron chi connectivity index (χ4n) is 2.68. The molecule has 1 fully saturated rings. The van der Waals surface area contributed by atoms with E-state index in [1.54, 1.807) is 17.9 Å². The Labute approximate surface area is 144 Å². The first-order valence-electron chi connectivity index (χ1n) is 8.63. The molecule has 0 aromatic carbocycles. The van der Waals surface area contributed by atoms with Crippen LogP contribution in [0.4, 0.5) is 0 Å². The molecule has 0 radical (unpaired) electrons. The second kappa shape index (κ2) is 9.25. The molecule has 0 aromatic rings. The van der Waals surface area contributed by atoms with Crippen molar-refractivity contribution in [2.45, 2.75) is 65.8 Å². The summed E-state index contributed by atoms with van der Waals surface area (Å²) in [6, 6.07) is -0.619. The van der Waals surface area contributed by atoms with Crippen molar-refractivity contribution in [3.05, 3.63) is 22.9 Å². The molecule has 3 amide bonds. The monoisotopic (exact) mass is 335 g/mol. The number of amides is 3. The number of rotatable bonds is 7. The molecule has 6 heteroatoms. The SMILES string of the molecule is C/C=C(C(=O)N(CCCC)C1CCC(=O)NC1=O)\C(N)=C(/C)CC. The summed E-state index contributed by atoms with van der Waals surface area (Å²) in [5.74, 6) is -0.932. The molecule has 1 unspecified atom stereocenters. The molecule has 1 aliphatic rings. The van der Waals surface area contributed by atoms with E-state index in [1.165, 1.54) is 0 Å². The maximum absolute atomic E-state index is 13.0. The molecule has 24 heavy (non-hydrogen) atoms. The van der Waals surface area contributed by atoms with Crippen LogP contribution < -0.4 is 11.1 Å². The van der Waals surface area contributed by atoms with E-state index in [2.05, 4.69) is 5.32 Å². The van der Waals surface area contributed by atoms with Gasteiger partial charge in [-0.3, -0.25) is 19.7 Å². The van der Waals surface area contributed by atoms with E-state index in [0.29, 0.717) is 24.2 Å². The number of nitrogens with one attached hydrogen (secondary N) is 1. The summed E-state index contributed by atoms with van der Waals surface area (Å²) in [5.41, 5.74) is 7.98. The van der Waals surface area contributed by atoms with E-state index in [9.17, 15) is 14.4 Å². The highest BCUT2D eigenvalue weighted by Gasteiger charge is 2.35. The third-order valence-electron chi connectivity index (χ3n) is 4.40. The highest BCUT2D eigenvalue weighted by molar-refractivity contribution is 6.04. The van der Waals surface area contributed by atoms with E-state index in [-0.39, 0.29) is 18.2 Å². The van der Waals surface area contributed by atoms with Crippen molar-refractivity contribution in [1.82, 2.24) is 10.2 Å². The normalized spacial score (nSPS) is 19.7. The van der Waals surface area contributed by atoms with E-state index in [1.807, 2.05) is 20.8 Å². The van der Waals surface area contributed by atoms with Gasteiger partial charge >= 0.3 is 0 Å². The highest BCUT2D eigenvalue weighted by atomic mass is 16.2. The van der Waals surface area contributed by atoms with Crippen LogP contribution in [0.15, 0.2) is 22.9 Å². The van der Waals surface area contributed by atoms with Gasteiger partial charge in [-0.1, -0.05) is 26.3 Å². The number of unbranched alkanes of at least 4 members (excludes halogenated alkanes) is 1. The Kier molecular flexibility index (Phi) is 7.68. The number of hydrogen-bond donors (Lipinski definition) is 2. The summed E-state index contributed by atoms with van der Waals surface area (Å²) >= 11 is 0. The molecule has 0 aliphatic carbocycles. The maximum atomic E-state index is 13.0. The molecular formula is C18H29N3O3. The van der Waals surface area contributed by atoms with E-state index in [4.69, 9.17) is 5.73 Å². The van der Waals surface area contributed by atoms with Gasteiger partial charge in [0.2, 0.25) is 11.8 Å². The van der Waals surface area contributed by atoms with Crippen LogP contribution in [0.1, 0.15) is 59.8 Å². The molecule has 1 heterocycles. The fraction of sp³-hybridized carbons (Fsp3) is 0.611. The fourth-order valence-corrected chi connectivity index (χ4v) is 2.68. The van der Waals surface area contributed by atoms with Crippen LogP contribution in [0, 0.1) is 0 Å². The molecular weight excluding hydrogens is 306 g/mol. The summed E-state index contributed by atoms with van der Waals surface area (Å²) in [6.07, 6.45) is 4.74. The Bertz CT molecular complexity index is 564. The van der Waals surface area contributed by atoms with Gasteiger partial charge in [-0.05, 0) is 38.7 Å². The first-order valence-corrected chi connectivity index (χ1v) is 8.63. The highest BCUT2D eigenvalue weighted by Crippen LogP contribution is 2.20. The minimum Gasteiger partial charge on any atom is -0.398 e. The smallest absolute Gasteiger partial charge is 0.256 e. The lowest BCUT2D eigenvalue weighted by molar-refractivity contribution is -0.144. The maximum Gasteiger partial charge on any atom is 0.256 e. The van der Waals surface area contributed by atoms with Gasteiger partial charge in [-0.15, -0.1) is 0 Å². The molecule has 3 N–H and O–H groups in total. The standard InChI is InChI=1S/C18H29N3O3/c1-5-8-11-21(14-9-10-15(22)20-17(14)23)18(24)13(7-3)16(19)12(4)6-2/h7,14H,5-6,8-11,19H2,1-4H3,(H,20,22,23)/b13-7+,16-12-. The van der Waals surface area contributed by atoms with E-state index < -0.39 is 11.9 Å². The van der Waals surface area contributed by atoms with Crippen LogP contribution in [-0.2, 0) is 14.4 Å². The van der Waals surface area contributed by atoms with Crippen molar-refractivity contribution in [2.24, 2.45) is 5.73 Å². The number of carbonyl (C=O) groups is 3. The largest absolute Gasteiger partial charge is 0.398 e. The van der Waals surface area contributed by atoms with Gasteiger partial charge in [0, 0.05) is 18.7 Å². The van der Waals surface area contributed by atoms with Gasteiger partial charge in [0.05, 0.1) is 5.57 Å². The molecule has 0 aromatic heterocycles. The minimum absolute atomic E-state index is 0.245. The average molecular weight is 335 g/mol. The summed E-state index contributed by atoms with van der Waals surface area (Å²) in [4.78, 5) is 38.2. The van der Waals surface area contributed by atoms with Crippen LogP contribution >= 0.6 is 0 Å². The summed E-state index contributed by atoms with van der Waals surface area (Å²) in [6.45, 7) is 8.14. The topological polar surface area (TPSA) is 92.5 Å². The predicted molar refractivity (Wildman–Crippen MR) is 93.7 cm³/mol. The molecule has 1 rings (SSSR count). The van der Waals surface area contributed by atoms with Crippen LogP contribution in [0.25, 0.3) is 0 Å². The summed E-state index contributed by atoms with van der Waals surface area (Å²) < 4.78 is 0. The molecule has 6 nitrogen and oxygen atoms in total. The first kappa shape index (κ1) is 19.9. The van der Waals surface area contributed by atoms with Gasteiger partial charge in [-0.25, -0.2) is 0 Å². The third-order valence-corrected chi connectivity index (χ3v) is 4.40. The number of carbonyl (C=O) groups excluding carboxylic acids is 3. The van der Waals surface area contributed by atoms with Crippen LogP contribution in [-0.4, -0.2) is 35.2 Å². The van der Waals surface area contributed by atoms with Crippen LogP contribution in [0.2, 0.25) is 0 Å². The van der Waals surface area contributed by atoms with Gasteiger partial charge in [0.15, 0.2) is 0 Å². The van der Waals surface area contributed by atoms with Crippen LogP contribution in [0.3, 0.4) is 0 Å². The van der Waals surface area contributed by atoms with Crippen molar-refractivity contribution in [3.8, 4) is 0 Å². The average Bonchev–Trinajstić information content (AvgIpc) is 2.56. The zero-order valence-electron chi connectivity index (χ0n) is 15.1. The summed E-state index contributed by atoms with van der Waals surface area (Å²) in [7, 11) is 0. The second-order valence-corrected chi connectivity index (χ2v) is 6.07. The van der Waals surface area contributed by atoms with E-state index >= 15 is 0 Å². The molecule has 0 bridgehead atoms. The molecule has 134 valence electrons. The number of nitrogens with two attached hydrogens (primary N) is 1. The first-order chi connectivity index (χ1) is 11.4. The summed E-state index contributed by atoms with van der Waals surface area (Å²) in [5, 5.41) is 2.33. The van der Waals surface area contributed by atoms with Crippen molar-refractivity contribution >= 4 is 17.7 Å². The molecule has 1 aliphatic heterocycles. The number of allylic oxidation sites excluding steroid dienone is 2. The lowest BCUT2D eigenvalue weighted by Crippen LogP contribution is -2.55. The molecule has 0 saturated carbocycles. The zero-order chi connectivity index (χ0) is 18.3. The van der Waals surface area contributed by atoms with Crippen molar-refractivity contribution in [1.29, 1.82) is 0 Å². The second-order valence-electron chi connectivity index (χ2n) is 6.07. The zero-order valence-corrected chi connectivity index (χ0v) is 15.1. The predicted octanol–water partition coefficient (Wildman–Crippen LogP) is 2.01. The number of imide groups is 1. The van der Waals surface area contributed by atoms with E-state index in [0.717, 1.165) is 24.8 Å². The lowest BCUT2D eigenvalue weighted by Gasteiger charge is -2.33. The van der Waals surface area contributed by atoms with Gasteiger partial charge in [-0.2, -0.15) is 0 Å². The van der Waals surface area contributed by atoms with Crippen molar-refractivity contribution in [2.75, 3.05) is 6.54 Å². The molecule has 1 atom stereocenters. The Balaban J connectivity index is 3.12. The third kappa shape index (κ3) is 4.69. The molecule has 1 saturated heterocycles. The number of piperidine rings is 1. The Hall–Kier alpha value is -2.11. The van der Waals surface area contributed by atoms with Crippen molar-refractivity contribution < 1.29 is 14.4 Å². The van der Waals surface area contributed by atoms with Gasteiger partial charge < -0.3 is 10.6 Å². The number of nitrogens with zero attached hydrogens (tertiary/aromatic N) is 1. The van der Waals surface area contributed by atoms with Gasteiger partial charge in [0.25, 0.3) is 5.91 Å². The molecule has 0 spiro atoms. The minimum atomic E-state index is -0.619. The lowest BCUT2D eigenvalue weighted by atomic mass is 10.00. The Morgan fingerprint density at radius 3 is 2.54 bits per heavy atom. The Morgan fingerprint density at radius 1 is 1.38 bits per heavy atom. The van der Waals surface area contributed by atoms with Crippen molar-refractivity contribution in [3.63, 3.8) is 0 Å².